The average molecular weight is 375 g/mol. The van der Waals surface area contributed by atoms with Crippen LogP contribution >= 0.6 is 36.4 Å². The molecule has 0 aromatic heterocycles. The predicted molar refractivity (Wildman–Crippen MR) is 103 cm³/mol. The lowest BCUT2D eigenvalue weighted by Crippen LogP contribution is -2.45. The van der Waals surface area contributed by atoms with Gasteiger partial charge in [0.15, 0.2) is 0 Å². The second-order valence-electron chi connectivity index (χ2n) is 5.49. The zero-order valence-electron chi connectivity index (χ0n) is 12.7. The lowest BCUT2D eigenvalue weighted by molar-refractivity contribution is 0.154. The molecule has 0 amide bonds. The van der Waals surface area contributed by atoms with Crippen LogP contribution in [0.25, 0.3) is 0 Å². The molecule has 3 rings (SSSR count). The van der Waals surface area contributed by atoms with Gasteiger partial charge in [0, 0.05) is 42.9 Å². The fraction of sp³-hybridized carbons (Fsp3) is 0.294. The Balaban J connectivity index is 0.00000132. The van der Waals surface area contributed by atoms with E-state index in [9.17, 15) is 0 Å². The van der Waals surface area contributed by atoms with E-state index >= 15 is 0 Å². The fourth-order valence-corrected chi connectivity index (χ4v) is 3.10. The second kappa shape index (κ2) is 9.36. The third-order valence-electron chi connectivity index (χ3n) is 3.92. The lowest BCUT2D eigenvalue weighted by Gasteiger charge is -2.36. The van der Waals surface area contributed by atoms with E-state index in [-0.39, 0.29) is 24.8 Å². The van der Waals surface area contributed by atoms with Gasteiger partial charge in [-0.2, -0.15) is 0 Å². The summed E-state index contributed by atoms with van der Waals surface area (Å²) in [6.45, 7) is 3.89. The van der Waals surface area contributed by atoms with Crippen LogP contribution in [0.3, 0.4) is 0 Å². The molecule has 0 bridgehead atoms. The first-order valence-corrected chi connectivity index (χ1v) is 7.65. The van der Waals surface area contributed by atoms with Gasteiger partial charge in [0.05, 0.1) is 0 Å². The SMILES string of the molecule is Cl.Cl.Nc1cccc(CN2CCNCC2c2cccc(Cl)c2)c1. The van der Waals surface area contributed by atoms with Gasteiger partial charge >= 0.3 is 0 Å². The molecule has 1 fully saturated rings. The van der Waals surface area contributed by atoms with Gasteiger partial charge in [-0.3, -0.25) is 4.90 Å². The Morgan fingerprint density at radius 1 is 1.13 bits per heavy atom. The van der Waals surface area contributed by atoms with Gasteiger partial charge in [-0.1, -0.05) is 35.9 Å². The summed E-state index contributed by atoms with van der Waals surface area (Å²) < 4.78 is 0. The van der Waals surface area contributed by atoms with Gasteiger partial charge in [-0.15, -0.1) is 24.8 Å². The molecular formula is C17H22Cl3N3. The number of rotatable bonds is 3. The van der Waals surface area contributed by atoms with Crippen LogP contribution in [0.2, 0.25) is 5.02 Å². The Labute approximate surface area is 155 Å². The van der Waals surface area contributed by atoms with Crippen LogP contribution in [0.1, 0.15) is 17.2 Å². The van der Waals surface area contributed by atoms with Crippen molar-refractivity contribution in [2.75, 3.05) is 25.4 Å². The monoisotopic (exact) mass is 373 g/mol. The summed E-state index contributed by atoms with van der Waals surface area (Å²) >= 11 is 6.14. The first-order valence-electron chi connectivity index (χ1n) is 7.27. The van der Waals surface area contributed by atoms with Gasteiger partial charge < -0.3 is 11.1 Å². The first-order chi connectivity index (χ1) is 10.2. The zero-order valence-corrected chi connectivity index (χ0v) is 15.1. The van der Waals surface area contributed by atoms with Crippen LogP contribution in [0.4, 0.5) is 5.69 Å². The molecule has 1 aliphatic rings. The highest BCUT2D eigenvalue weighted by Crippen LogP contribution is 2.26. The minimum absolute atomic E-state index is 0. The molecule has 2 aromatic carbocycles. The van der Waals surface area contributed by atoms with Crippen molar-refractivity contribution < 1.29 is 0 Å². The molecule has 3 N–H and O–H groups in total. The van der Waals surface area contributed by atoms with Gasteiger partial charge in [-0.25, -0.2) is 0 Å². The number of hydrogen-bond donors (Lipinski definition) is 2. The van der Waals surface area contributed by atoms with Gasteiger partial charge in [-0.05, 0) is 35.4 Å². The maximum Gasteiger partial charge on any atom is 0.0477 e. The minimum atomic E-state index is 0. The average Bonchev–Trinajstić information content (AvgIpc) is 2.48. The molecule has 3 nitrogen and oxygen atoms in total. The molecule has 0 spiro atoms. The minimum Gasteiger partial charge on any atom is -0.399 e. The Kier molecular flexibility index (Phi) is 8.17. The molecule has 1 aliphatic heterocycles. The van der Waals surface area contributed by atoms with Gasteiger partial charge in [0.2, 0.25) is 0 Å². The molecule has 2 aromatic rings. The van der Waals surface area contributed by atoms with Crippen molar-refractivity contribution in [1.82, 2.24) is 10.2 Å². The van der Waals surface area contributed by atoms with E-state index in [1.54, 1.807) is 0 Å². The summed E-state index contributed by atoms with van der Waals surface area (Å²) in [6.07, 6.45) is 0. The Hall–Kier alpha value is -0.970. The first kappa shape index (κ1) is 20.1. The zero-order chi connectivity index (χ0) is 14.7. The highest BCUT2D eigenvalue weighted by molar-refractivity contribution is 6.30. The second-order valence-corrected chi connectivity index (χ2v) is 5.93. The maximum absolute atomic E-state index is 6.14. The van der Waals surface area contributed by atoms with Crippen LogP contribution in [-0.2, 0) is 6.54 Å². The molecule has 126 valence electrons. The van der Waals surface area contributed by atoms with Crippen molar-refractivity contribution in [3.8, 4) is 0 Å². The van der Waals surface area contributed by atoms with Gasteiger partial charge in [0.25, 0.3) is 0 Å². The number of nitrogens with one attached hydrogen (secondary N) is 1. The van der Waals surface area contributed by atoms with Crippen molar-refractivity contribution in [3.63, 3.8) is 0 Å². The summed E-state index contributed by atoms with van der Waals surface area (Å²) in [5.41, 5.74) is 9.22. The van der Waals surface area contributed by atoms with Crippen molar-refractivity contribution in [1.29, 1.82) is 0 Å². The van der Waals surface area contributed by atoms with Crippen molar-refractivity contribution >= 4 is 42.1 Å². The van der Waals surface area contributed by atoms with E-state index in [1.165, 1.54) is 11.1 Å². The van der Waals surface area contributed by atoms with E-state index in [4.69, 9.17) is 17.3 Å². The number of nitrogen functional groups attached to an aromatic ring is 1. The highest BCUT2D eigenvalue weighted by atomic mass is 35.5. The standard InChI is InChI=1S/C17H20ClN3.2ClH/c18-15-5-2-4-14(10-15)17-11-20-7-8-21(17)12-13-3-1-6-16(19)9-13;;/h1-6,9-10,17,20H,7-8,11-12,19H2;2*1H. The third kappa shape index (κ3) is 5.27. The van der Waals surface area contributed by atoms with E-state index in [0.29, 0.717) is 6.04 Å². The van der Waals surface area contributed by atoms with Crippen LogP contribution < -0.4 is 11.1 Å². The van der Waals surface area contributed by atoms with E-state index < -0.39 is 0 Å². The number of benzene rings is 2. The third-order valence-corrected chi connectivity index (χ3v) is 4.16. The van der Waals surface area contributed by atoms with Gasteiger partial charge in [0.1, 0.15) is 0 Å². The summed E-state index contributed by atoms with van der Waals surface area (Å²) in [4.78, 5) is 2.48. The Bertz CT molecular complexity index is 622. The number of nitrogens with zero attached hydrogens (tertiary/aromatic N) is 1. The Morgan fingerprint density at radius 2 is 1.91 bits per heavy atom. The number of piperazine rings is 1. The molecule has 0 radical (unpaired) electrons. The lowest BCUT2D eigenvalue weighted by atomic mass is 10.0. The largest absolute Gasteiger partial charge is 0.399 e. The number of nitrogens with two attached hydrogens (primary N) is 1. The van der Waals surface area contributed by atoms with E-state index in [1.807, 2.05) is 24.3 Å². The molecule has 1 heterocycles. The quantitative estimate of drug-likeness (QED) is 0.800. The summed E-state index contributed by atoms with van der Waals surface area (Å²) in [5, 5.41) is 4.26. The maximum atomic E-state index is 6.14. The van der Waals surface area contributed by atoms with Crippen molar-refractivity contribution in [3.05, 3.63) is 64.7 Å². The van der Waals surface area contributed by atoms with Crippen LogP contribution in [0.15, 0.2) is 48.5 Å². The molecule has 0 saturated carbocycles. The molecule has 0 aliphatic carbocycles. The molecular weight excluding hydrogens is 353 g/mol. The molecule has 6 heteroatoms. The van der Waals surface area contributed by atoms with E-state index in [2.05, 4.69) is 34.5 Å². The molecule has 1 atom stereocenters. The normalized spacial score (nSPS) is 17.9. The number of anilines is 1. The van der Waals surface area contributed by atoms with Crippen molar-refractivity contribution in [2.45, 2.75) is 12.6 Å². The summed E-state index contributed by atoms with van der Waals surface area (Å²) in [6, 6.07) is 16.6. The van der Waals surface area contributed by atoms with Crippen LogP contribution in [0.5, 0.6) is 0 Å². The smallest absolute Gasteiger partial charge is 0.0477 e. The van der Waals surface area contributed by atoms with E-state index in [0.717, 1.165) is 36.9 Å². The van der Waals surface area contributed by atoms with Crippen LogP contribution in [0, 0.1) is 0 Å². The molecule has 1 unspecified atom stereocenters. The highest BCUT2D eigenvalue weighted by Gasteiger charge is 2.23. The summed E-state index contributed by atoms with van der Waals surface area (Å²) in [5.74, 6) is 0. The molecule has 1 saturated heterocycles. The Morgan fingerprint density at radius 3 is 2.65 bits per heavy atom. The fourth-order valence-electron chi connectivity index (χ4n) is 2.90. The summed E-state index contributed by atoms with van der Waals surface area (Å²) in [7, 11) is 0. The predicted octanol–water partition coefficient (Wildman–Crippen LogP) is 3.91. The van der Waals surface area contributed by atoms with Crippen molar-refractivity contribution in [2.24, 2.45) is 0 Å². The topological polar surface area (TPSA) is 41.3 Å². The number of hydrogen-bond acceptors (Lipinski definition) is 3. The van der Waals surface area contributed by atoms with Crippen LogP contribution in [-0.4, -0.2) is 24.5 Å². The number of halogens is 3. The molecule has 23 heavy (non-hydrogen) atoms.